The molecule has 0 saturated carbocycles. The van der Waals surface area contributed by atoms with Crippen molar-refractivity contribution in [3.8, 4) is 5.75 Å². The zero-order chi connectivity index (χ0) is 16.9. The van der Waals surface area contributed by atoms with Crippen LogP contribution in [0.4, 0.5) is 13.2 Å². The third-order valence-electron chi connectivity index (χ3n) is 2.48. The summed E-state index contributed by atoms with van der Waals surface area (Å²) in [5.41, 5.74) is -4.30. The van der Waals surface area contributed by atoms with Crippen molar-refractivity contribution in [2.45, 2.75) is 23.9 Å². The van der Waals surface area contributed by atoms with Gasteiger partial charge in [-0.2, -0.15) is 13.2 Å². The molecule has 0 saturated heterocycles. The van der Waals surface area contributed by atoms with E-state index in [2.05, 4.69) is 5.16 Å². The normalized spacial score (nSPS) is 11.3. The summed E-state index contributed by atoms with van der Waals surface area (Å²) < 4.78 is 51.7. The van der Waals surface area contributed by atoms with Crippen LogP contribution < -0.4 is 4.74 Å². The molecule has 9 heteroatoms. The average Bonchev–Trinajstić information content (AvgIpc) is 2.94. The van der Waals surface area contributed by atoms with Crippen LogP contribution in [0.5, 0.6) is 5.75 Å². The molecule has 0 spiro atoms. The Hall–Kier alpha value is -2.16. The standard InChI is InChI=1S/C14H12F3NO4S/c1-2-20-13(19)12-7-10(22-18-12)8-21-9-3-5-11(6-4-9)23-14(15,16)17/h3-7H,2,8H2,1H3. The van der Waals surface area contributed by atoms with Gasteiger partial charge in [-0.05, 0) is 43.0 Å². The fourth-order valence-corrected chi connectivity index (χ4v) is 2.11. The molecule has 1 heterocycles. The first-order valence-electron chi connectivity index (χ1n) is 6.48. The van der Waals surface area contributed by atoms with Gasteiger partial charge in [0.15, 0.2) is 11.5 Å². The molecule has 2 rings (SSSR count). The molecule has 1 aromatic carbocycles. The second-order valence-electron chi connectivity index (χ2n) is 4.21. The van der Waals surface area contributed by atoms with Crippen LogP contribution >= 0.6 is 11.8 Å². The van der Waals surface area contributed by atoms with Gasteiger partial charge in [0.25, 0.3) is 0 Å². The Kier molecular flexibility index (Phi) is 5.54. The van der Waals surface area contributed by atoms with Gasteiger partial charge in [-0.1, -0.05) is 5.16 Å². The fraction of sp³-hybridized carbons (Fsp3) is 0.286. The second kappa shape index (κ2) is 7.40. The number of carbonyl (C=O) groups is 1. The molecule has 23 heavy (non-hydrogen) atoms. The second-order valence-corrected chi connectivity index (χ2v) is 5.35. The lowest BCUT2D eigenvalue weighted by atomic mass is 10.3. The lowest BCUT2D eigenvalue weighted by Gasteiger charge is -2.07. The van der Waals surface area contributed by atoms with Crippen molar-refractivity contribution in [1.82, 2.24) is 5.16 Å². The Labute approximate surface area is 133 Å². The highest BCUT2D eigenvalue weighted by Gasteiger charge is 2.29. The van der Waals surface area contributed by atoms with E-state index in [1.165, 1.54) is 30.3 Å². The third kappa shape index (κ3) is 5.51. The van der Waals surface area contributed by atoms with Crippen molar-refractivity contribution in [2.24, 2.45) is 0 Å². The highest BCUT2D eigenvalue weighted by atomic mass is 32.2. The smallest absolute Gasteiger partial charge is 0.446 e. The molecule has 0 unspecified atom stereocenters. The van der Waals surface area contributed by atoms with Crippen LogP contribution in [0, 0.1) is 0 Å². The maximum absolute atomic E-state index is 12.2. The first-order valence-corrected chi connectivity index (χ1v) is 7.30. The van der Waals surface area contributed by atoms with Crippen LogP contribution in [0.3, 0.4) is 0 Å². The monoisotopic (exact) mass is 347 g/mol. The van der Waals surface area contributed by atoms with E-state index >= 15 is 0 Å². The van der Waals surface area contributed by atoms with E-state index in [1.54, 1.807) is 6.92 Å². The lowest BCUT2D eigenvalue weighted by molar-refractivity contribution is -0.0328. The summed E-state index contributed by atoms with van der Waals surface area (Å²) in [4.78, 5) is 11.5. The molecule has 0 bridgehead atoms. The highest BCUT2D eigenvalue weighted by Crippen LogP contribution is 2.37. The minimum atomic E-state index is -4.33. The van der Waals surface area contributed by atoms with Gasteiger partial charge < -0.3 is 14.0 Å². The minimum Gasteiger partial charge on any atom is -0.486 e. The van der Waals surface area contributed by atoms with E-state index in [0.717, 1.165) is 0 Å². The number of halogens is 3. The van der Waals surface area contributed by atoms with Gasteiger partial charge in [0.1, 0.15) is 12.4 Å². The molecule has 0 fully saturated rings. The number of hydrogen-bond acceptors (Lipinski definition) is 6. The van der Waals surface area contributed by atoms with Crippen LogP contribution in [-0.2, 0) is 11.3 Å². The average molecular weight is 347 g/mol. The summed E-state index contributed by atoms with van der Waals surface area (Å²) in [5.74, 6) is 0.0587. The fourth-order valence-electron chi connectivity index (χ4n) is 1.57. The molecule has 124 valence electrons. The Bertz CT molecular complexity index is 655. The van der Waals surface area contributed by atoms with Crippen molar-refractivity contribution < 1.29 is 32.0 Å². The van der Waals surface area contributed by atoms with Crippen LogP contribution in [0.15, 0.2) is 39.8 Å². The topological polar surface area (TPSA) is 61.6 Å². The zero-order valence-electron chi connectivity index (χ0n) is 11.9. The Morgan fingerprint density at radius 1 is 1.30 bits per heavy atom. The predicted molar refractivity (Wildman–Crippen MR) is 75.1 cm³/mol. The van der Waals surface area contributed by atoms with E-state index in [9.17, 15) is 18.0 Å². The molecule has 0 aliphatic heterocycles. The molecule has 0 radical (unpaired) electrons. The summed E-state index contributed by atoms with van der Waals surface area (Å²) in [5, 5.41) is 3.54. The molecule has 2 aromatic rings. The van der Waals surface area contributed by atoms with Gasteiger partial charge >= 0.3 is 11.5 Å². The molecule has 0 N–H and O–H groups in total. The summed E-state index contributed by atoms with van der Waals surface area (Å²) in [7, 11) is 0. The number of alkyl halides is 3. The largest absolute Gasteiger partial charge is 0.486 e. The molecular weight excluding hydrogens is 335 g/mol. The van der Waals surface area contributed by atoms with Crippen LogP contribution in [0.25, 0.3) is 0 Å². The number of carbonyl (C=O) groups excluding carboxylic acids is 1. The van der Waals surface area contributed by atoms with Gasteiger partial charge in [-0.15, -0.1) is 0 Å². The van der Waals surface area contributed by atoms with Crippen molar-refractivity contribution in [3.05, 3.63) is 41.8 Å². The van der Waals surface area contributed by atoms with E-state index in [1.807, 2.05) is 0 Å². The number of benzene rings is 1. The molecule has 0 atom stereocenters. The van der Waals surface area contributed by atoms with Gasteiger partial charge in [0.05, 0.1) is 6.61 Å². The number of ether oxygens (including phenoxy) is 2. The number of nitrogens with zero attached hydrogens (tertiary/aromatic N) is 1. The maximum atomic E-state index is 12.2. The Balaban J connectivity index is 1.90. The summed E-state index contributed by atoms with van der Waals surface area (Å²) in [6.45, 7) is 1.88. The molecular formula is C14H12F3NO4S. The number of rotatable bonds is 6. The quantitative estimate of drug-likeness (QED) is 0.580. The first-order chi connectivity index (χ1) is 10.9. The number of thioether (sulfide) groups is 1. The van der Waals surface area contributed by atoms with E-state index < -0.39 is 11.5 Å². The third-order valence-corrected chi connectivity index (χ3v) is 3.22. The van der Waals surface area contributed by atoms with Crippen LogP contribution in [0.1, 0.15) is 23.2 Å². The Morgan fingerprint density at radius 3 is 2.61 bits per heavy atom. The molecule has 0 aliphatic rings. The van der Waals surface area contributed by atoms with Gasteiger partial charge in [-0.25, -0.2) is 4.79 Å². The number of esters is 1. The summed E-state index contributed by atoms with van der Waals surface area (Å²) >= 11 is -0.200. The van der Waals surface area contributed by atoms with E-state index in [4.69, 9.17) is 14.0 Å². The van der Waals surface area contributed by atoms with E-state index in [0.29, 0.717) is 11.5 Å². The highest BCUT2D eigenvalue weighted by molar-refractivity contribution is 8.00. The molecule has 0 amide bonds. The van der Waals surface area contributed by atoms with Crippen molar-refractivity contribution in [3.63, 3.8) is 0 Å². The van der Waals surface area contributed by atoms with Crippen LogP contribution in [-0.4, -0.2) is 23.2 Å². The summed E-state index contributed by atoms with van der Waals surface area (Å²) in [6.07, 6.45) is 0. The number of hydrogen-bond donors (Lipinski definition) is 0. The maximum Gasteiger partial charge on any atom is 0.446 e. The van der Waals surface area contributed by atoms with E-state index in [-0.39, 0.29) is 35.6 Å². The van der Waals surface area contributed by atoms with Crippen molar-refractivity contribution >= 4 is 17.7 Å². The first kappa shape index (κ1) is 17.2. The zero-order valence-corrected chi connectivity index (χ0v) is 12.7. The SMILES string of the molecule is CCOC(=O)c1cc(COc2ccc(SC(F)(F)F)cc2)on1. The lowest BCUT2D eigenvalue weighted by Crippen LogP contribution is -2.04. The van der Waals surface area contributed by atoms with Gasteiger partial charge in [0, 0.05) is 11.0 Å². The summed E-state index contributed by atoms with van der Waals surface area (Å²) in [6, 6.07) is 6.81. The predicted octanol–water partition coefficient (Wildman–Crippen LogP) is 4.04. The van der Waals surface area contributed by atoms with Crippen molar-refractivity contribution in [1.29, 1.82) is 0 Å². The molecule has 1 aromatic heterocycles. The van der Waals surface area contributed by atoms with Crippen LogP contribution in [0.2, 0.25) is 0 Å². The molecule has 0 aliphatic carbocycles. The van der Waals surface area contributed by atoms with Gasteiger partial charge in [-0.3, -0.25) is 0 Å². The minimum absolute atomic E-state index is 0.0157. The Morgan fingerprint density at radius 2 is 2.00 bits per heavy atom. The van der Waals surface area contributed by atoms with Gasteiger partial charge in [0.2, 0.25) is 0 Å². The van der Waals surface area contributed by atoms with Crippen molar-refractivity contribution in [2.75, 3.05) is 6.61 Å². The molecule has 5 nitrogen and oxygen atoms in total. The number of aromatic nitrogens is 1.